The highest BCUT2D eigenvalue weighted by Gasteiger charge is 2.31. The van der Waals surface area contributed by atoms with Crippen molar-refractivity contribution in [3.8, 4) is 0 Å². The zero-order valence-electron chi connectivity index (χ0n) is 17.0. The highest BCUT2D eigenvalue weighted by Crippen LogP contribution is 2.33. The summed E-state index contributed by atoms with van der Waals surface area (Å²) in [6.07, 6.45) is 6.87. The highest BCUT2D eigenvalue weighted by molar-refractivity contribution is 14.0. The van der Waals surface area contributed by atoms with Gasteiger partial charge in [-0.2, -0.15) is 4.98 Å². The topological polar surface area (TPSA) is 66.5 Å². The van der Waals surface area contributed by atoms with E-state index < -0.39 is 0 Å². The maximum atomic E-state index is 5.30. The summed E-state index contributed by atoms with van der Waals surface area (Å²) >= 11 is 0. The van der Waals surface area contributed by atoms with Gasteiger partial charge in [0.2, 0.25) is 5.89 Å². The molecule has 1 unspecified atom stereocenters. The van der Waals surface area contributed by atoms with Gasteiger partial charge in [0.1, 0.15) is 0 Å². The molecule has 0 aromatic carbocycles. The minimum absolute atomic E-state index is 0. The molecular weight excluding hydrogens is 441 g/mol. The van der Waals surface area contributed by atoms with Crippen molar-refractivity contribution in [2.24, 2.45) is 10.4 Å². The van der Waals surface area contributed by atoms with Crippen molar-refractivity contribution >= 4 is 29.9 Å². The third kappa shape index (κ3) is 6.70. The highest BCUT2D eigenvalue weighted by atomic mass is 127. The molecule has 0 spiro atoms. The smallest absolute Gasteiger partial charge is 0.226 e. The third-order valence-electron chi connectivity index (χ3n) is 5.00. The lowest BCUT2D eigenvalue weighted by molar-refractivity contribution is 0.142. The van der Waals surface area contributed by atoms with Gasteiger partial charge < -0.3 is 14.7 Å². The van der Waals surface area contributed by atoms with Crippen molar-refractivity contribution in [3.63, 3.8) is 0 Å². The second-order valence-corrected chi connectivity index (χ2v) is 7.86. The lowest BCUT2D eigenvalue weighted by Crippen LogP contribution is -2.50. The fraction of sp³-hybridized carbons (Fsp3) is 0.842. The summed E-state index contributed by atoms with van der Waals surface area (Å²) < 4.78 is 5.30. The predicted octanol–water partition coefficient (Wildman–Crippen LogP) is 4.22. The number of nitrogens with zero attached hydrogens (tertiary/aromatic N) is 4. The van der Waals surface area contributed by atoms with Crippen LogP contribution >= 0.6 is 24.0 Å². The Morgan fingerprint density at radius 1 is 1.42 bits per heavy atom. The molecule has 0 bridgehead atoms. The van der Waals surface area contributed by atoms with Crippen LogP contribution in [0.5, 0.6) is 0 Å². The SMILES string of the molecule is CCCC1(C)CCCN(C(=NC)NCCCc2nc(C(C)C)no2)C1.I. The van der Waals surface area contributed by atoms with Crippen LogP contribution in [0.4, 0.5) is 0 Å². The first kappa shape index (κ1) is 23.2. The Balaban J connectivity index is 0.00000338. The molecule has 0 saturated carbocycles. The Labute approximate surface area is 175 Å². The van der Waals surface area contributed by atoms with Crippen molar-refractivity contribution in [3.05, 3.63) is 11.7 Å². The minimum Gasteiger partial charge on any atom is -0.356 e. The number of aliphatic imine (C=N–C) groups is 1. The molecule has 1 atom stereocenters. The zero-order valence-corrected chi connectivity index (χ0v) is 19.4. The number of aryl methyl sites for hydroxylation is 1. The minimum atomic E-state index is 0. The van der Waals surface area contributed by atoms with E-state index >= 15 is 0 Å². The third-order valence-corrected chi connectivity index (χ3v) is 5.00. The van der Waals surface area contributed by atoms with Crippen molar-refractivity contribution in [1.29, 1.82) is 0 Å². The molecule has 2 rings (SSSR count). The molecule has 1 aliphatic rings. The Hall–Kier alpha value is -0.860. The fourth-order valence-electron chi connectivity index (χ4n) is 3.68. The number of hydrogen-bond acceptors (Lipinski definition) is 4. The number of piperidine rings is 1. The summed E-state index contributed by atoms with van der Waals surface area (Å²) in [7, 11) is 1.88. The van der Waals surface area contributed by atoms with E-state index in [1.54, 1.807) is 0 Å². The number of likely N-dealkylation sites (tertiary alicyclic amines) is 1. The van der Waals surface area contributed by atoms with Gasteiger partial charge in [-0.25, -0.2) is 0 Å². The average molecular weight is 477 g/mol. The molecule has 1 fully saturated rings. The Morgan fingerprint density at radius 2 is 2.19 bits per heavy atom. The Kier molecular flexibility index (Phi) is 9.89. The van der Waals surface area contributed by atoms with Gasteiger partial charge in [-0.15, -0.1) is 24.0 Å². The summed E-state index contributed by atoms with van der Waals surface area (Å²) in [5, 5.41) is 7.52. The maximum Gasteiger partial charge on any atom is 0.226 e. The molecule has 7 heteroatoms. The van der Waals surface area contributed by atoms with E-state index in [1.165, 1.54) is 25.7 Å². The number of halogens is 1. The fourth-order valence-corrected chi connectivity index (χ4v) is 3.68. The monoisotopic (exact) mass is 477 g/mol. The van der Waals surface area contributed by atoms with Crippen LogP contribution in [0.15, 0.2) is 9.52 Å². The molecule has 1 N–H and O–H groups in total. The second-order valence-electron chi connectivity index (χ2n) is 7.86. The quantitative estimate of drug-likeness (QED) is 0.276. The van der Waals surface area contributed by atoms with Gasteiger partial charge >= 0.3 is 0 Å². The molecular formula is C19H36IN5O. The van der Waals surface area contributed by atoms with E-state index in [0.29, 0.717) is 11.3 Å². The number of aromatic nitrogens is 2. The van der Waals surface area contributed by atoms with Crippen LogP contribution in [-0.2, 0) is 6.42 Å². The van der Waals surface area contributed by atoms with Crippen LogP contribution in [0.2, 0.25) is 0 Å². The van der Waals surface area contributed by atoms with Crippen LogP contribution < -0.4 is 5.32 Å². The van der Waals surface area contributed by atoms with Gasteiger partial charge in [-0.05, 0) is 31.1 Å². The summed E-state index contributed by atoms with van der Waals surface area (Å²) in [5.41, 5.74) is 0.418. The lowest BCUT2D eigenvalue weighted by Gasteiger charge is -2.42. The average Bonchev–Trinajstić information content (AvgIpc) is 3.04. The van der Waals surface area contributed by atoms with Crippen molar-refractivity contribution in [1.82, 2.24) is 20.4 Å². The number of hydrogen-bond donors (Lipinski definition) is 1. The van der Waals surface area contributed by atoms with Crippen molar-refractivity contribution < 1.29 is 4.52 Å². The number of nitrogens with one attached hydrogen (secondary N) is 1. The van der Waals surface area contributed by atoms with Crippen molar-refractivity contribution in [2.45, 2.75) is 72.1 Å². The van der Waals surface area contributed by atoms with Crippen LogP contribution in [0.25, 0.3) is 0 Å². The van der Waals surface area contributed by atoms with Crippen LogP contribution in [-0.4, -0.2) is 47.7 Å². The van der Waals surface area contributed by atoms with Gasteiger partial charge in [-0.3, -0.25) is 4.99 Å². The van der Waals surface area contributed by atoms with E-state index in [0.717, 1.165) is 50.2 Å². The molecule has 0 amide bonds. The first-order valence-corrected chi connectivity index (χ1v) is 9.75. The molecule has 2 heterocycles. The second kappa shape index (κ2) is 11.1. The Morgan fingerprint density at radius 3 is 2.81 bits per heavy atom. The normalized spacial score (nSPS) is 21.0. The van der Waals surface area contributed by atoms with E-state index in [9.17, 15) is 0 Å². The van der Waals surface area contributed by atoms with E-state index in [1.807, 2.05) is 7.05 Å². The number of guanidine groups is 1. The lowest BCUT2D eigenvalue weighted by atomic mass is 9.78. The Bertz CT molecular complexity index is 556. The van der Waals surface area contributed by atoms with E-state index in [-0.39, 0.29) is 24.0 Å². The number of rotatable bonds is 7. The summed E-state index contributed by atoms with van der Waals surface area (Å²) in [6, 6.07) is 0. The van der Waals surface area contributed by atoms with Gasteiger partial charge in [0.05, 0.1) is 0 Å². The molecule has 1 aromatic rings. The van der Waals surface area contributed by atoms with Crippen LogP contribution in [0.3, 0.4) is 0 Å². The molecule has 6 nitrogen and oxygen atoms in total. The summed E-state index contributed by atoms with van der Waals surface area (Å²) in [5.74, 6) is 2.86. The molecule has 0 aliphatic carbocycles. The molecule has 150 valence electrons. The van der Waals surface area contributed by atoms with Crippen LogP contribution in [0, 0.1) is 5.41 Å². The molecule has 1 saturated heterocycles. The molecule has 1 aliphatic heterocycles. The predicted molar refractivity (Wildman–Crippen MR) is 117 cm³/mol. The molecule has 1 aromatic heterocycles. The maximum absolute atomic E-state index is 5.30. The molecule has 26 heavy (non-hydrogen) atoms. The van der Waals surface area contributed by atoms with E-state index in [4.69, 9.17) is 4.52 Å². The standard InChI is InChI=1S/C19H35N5O.HI/c1-6-10-19(4)11-8-13-24(14-19)18(20-5)21-12-7-9-16-22-17(15(2)3)23-25-16;/h15H,6-14H2,1-5H3,(H,20,21);1H. The van der Waals surface area contributed by atoms with Gasteiger partial charge in [0.15, 0.2) is 11.8 Å². The summed E-state index contributed by atoms with van der Waals surface area (Å²) in [4.78, 5) is 11.3. The first-order chi connectivity index (χ1) is 12.0. The van der Waals surface area contributed by atoms with Crippen LogP contribution in [0.1, 0.15) is 77.4 Å². The molecule has 0 radical (unpaired) electrons. The van der Waals surface area contributed by atoms with E-state index in [2.05, 4.69) is 53.0 Å². The largest absolute Gasteiger partial charge is 0.356 e. The van der Waals surface area contributed by atoms with Gasteiger partial charge in [0.25, 0.3) is 0 Å². The first-order valence-electron chi connectivity index (χ1n) is 9.75. The van der Waals surface area contributed by atoms with Gasteiger partial charge in [0, 0.05) is 39.0 Å². The van der Waals surface area contributed by atoms with Crippen molar-refractivity contribution in [2.75, 3.05) is 26.7 Å². The summed E-state index contributed by atoms with van der Waals surface area (Å²) in [6.45, 7) is 11.9. The zero-order chi connectivity index (χ0) is 18.3. The van der Waals surface area contributed by atoms with Gasteiger partial charge in [-0.1, -0.05) is 39.3 Å².